The van der Waals surface area contributed by atoms with Crippen molar-refractivity contribution in [2.24, 2.45) is 5.92 Å². The Hall–Kier alpha value is -1.51. The van der Waals surface area contributed by atoms with Gasteiger partial charge in [0, 0.05) is 5.69 Å². The van der Waals surface area contributed by atoms with Gasteiger partial charge in [0.25, 0.3) is 0 Å². The van der Waals surface area contributed by atoms with Crippen LogP contribution in [-0.2, 0) is 4.74 Å². The molecule has 18 heavy (non-hydrogen) atoms. The van der Waals surface area contributed by atoms with Crippen molar-refractivity contribution in [1.82, 2.24) is 0 Å². The summed E-state index contributed by atoms with van der Waals surface area (Å²) in [4.78, 5) is 12.1. The van der Waals surface area contributed by atoms with Crippen molar-refractivity contribution in [3.63, 3.8) is 0 Å². The first-order chi connectivity index (χ1) is 8.58. The molecule has 2 N–H and O–H groups in total. The molecule has 1 aliphatic rings. The van der Waals surface area contributed by atoms with Crippen molar-refractivity contribution in [2.75, 3.05) is 5.73 Å². The molecule has 1 aliphatic carbocycles. The summed E-state index contributed by atoms with van der Waals surface area (Å²) in [5, 5.41) is 0. The zero-order valence-corrected chi connectivity index (χ0v) is 11.1. The van der Waals surface area contributed by atoms with E-state index in [0.717, 1.165) is 24.8 Å². The Kier molecular flexibility index (Phi) is 3.90. The summed E-state index contributed by atoms with van der Waals surface area (Å²) in [5.41, 5.74) is 7.96. The van der Waals surface area contributed by atoms with Crippen LogP contribution in [0.1, 0.15) is 48.5 Å². The van der Waals surface area contributed by atoms with Crippen molar-refractivity contribution >= 4 is 11.7 Å². The third-order valence-electron chi connectivity index (χ3n) is 3.80. The van der Waals surface area contributed by atoms with Crippen molar-refractivity contribution in [3.05, 3.63) is 29.3 Å². The molecule has 1 aromatic carbocycles. The molecule has 2 atom stereocenters. The van der Waals surface area contributed by atoms with Crippen molar-refractivity contribution in [2.45, 2.75) is 45.6 Å². The van der Waals surface area contributed by atoms with E-state index in [1.165, 1.54) is 6.42 Å². The zero-order chi connectivity index (χ0) is 13.1. The van der Waals surface area contributed by atoms with Crippen LogP contribution in [-0.4, -0.2) is 12.1 Å². The van der Waals surface area contributed by atoms with Crippen molar-refractivity contribution in [3.8, 4) is 0 Å². The molecule has 1 fully saturated rings. The standard InChI is InChI=1S/C15H21NO2/c1-10-5-3-4-6-14(10)18-15(17)12-7-8-13(16)11(2)9-12/h7-10,14H,3-6,16H2,1-2H3. The summed E-state index contributed by atoms with van der Waals surface area (Å²) in [6, 6.07) is 5.29. The highest BCUT2D eigenvalue weighted by Crippen LogP contribution is 2.27. The minimum atomic E-state index is -0.225. The van der Waals surface area contributed by atoms with Crippen LogP contribution in [0.15, 0.2) is 18.2 Å². The molecule has 0 radical (unpaired) electrons. The molecule has 2 unspecified atom stereocenters. The second kappa shape index (κ2) is 5.42. The number of anilines is 1. The molecule has 0 aromatic heterocycles. The Labute approximate surface area is 108 Å². The quantitative estimate of drug-likeness (QED) is 0.644. The van der Waals surface area contributed by atoms with E-state index in [1.807, 2.05) is 6.92 Å². The van der Waals surface area contributed by atoms with Gasteiger partial charge in [-0.05, 0) is 55.9 Å². The lowest BCUT2D eigenvalue weighted by atomic mass is 9.88. The average molecular weight is 247 g/mol. The van der Waals surface area contributed by atoms with Gasteiger partial charge in [-0.15, -0.1) is 0 Å². The lowest BCUT2D eigenvalue weighted by Crippen LogP contribution is -2.28. The molecular formula is C15H21NO2. The highest BCUT2D eigenvalue weighted by Gasteiger charge is 2.25. The summed E-state index contributed by atoms with van der Waals surface area (Å²) in [6.07, 6.45) is 4.61. The normalized spacial score (nSPS) is 23.7. The van der Waals surface area contributed by atoms with Crippen LogP contribution in [0.5, 0.6) is 0 Å². The van der Waals surface area contributed by atoms with Gasteiger partial charge in [0.1, 0.15) is 6.10 Å². The Balaban J connectivity index is 2.04. The van der Waals surface area contributed by atoms with Crippen LogP contribution in [0.25, 0.3) is 0 Å². The van der Waals surface area contributed by atoms with Gasteiger partial charge in [-0.3, -0.25) is 0 Å². The van der Waals surface area contributed by atoms with Gasteiger partial charge in [-0.25, -0.2) is 4.79 Å². The molecule has 98 valence electrons. The summed E-state index contributed by atoms with van der Waals surface area (Å²) in [7, 11) is 0. The van der Waals surface area contributed by atoms with Crippen LogP contribution in [0, 0.1) is 12.8 Å². The van der Waals surface area contributed by atoms with Crippen LogP contribution in [0.4, 0.5) is 5.69 Å². The number of carbonyl (C=O) groups is 1. The predicted octanol–water partition coefficient (Wildman–Crippen LogP) is 3.31. The van der Waals surface area contributed by atoms with Gasteiger partial charge >= 0.3 is 5.97 Å². The summed E-state index contributed by atoms with van der Waals surface area (Å²) in [6.45, 7) is 4.06. The number of aryl methyl sites for hydroxylation is 1. The SMILES string of the molecule is Cc1cc(C(=O)OC2CCCCC2C)ccc1N. The van der Waals surface area contributed by atoms with Gasteiger partial charge in [0.05, 0.1) is 5.56 Å². The first kappa shape index (κ1) is 12.9. The minimum Gasteiger partial charge on any atom is -0.459 e. The highest BCUT2D eigenvalue weighted by atomic mass is 16.5. The van der Waals surface area contributed by atoms with E-state index in [1.54, 1.807) is 18.2 Å². The van der Waals surface area contributed by atoms with Crippen LogP contribution in [0.3, 0.4) is 0 Å². The molecule has 0 amide bonds. The Morgan fingerprint density at radius 2 is 2.06 bits per heavy atom. The van der Waals surface area contributed by atoms with Gasteiger partial charge in [0.15, 0.2) is 0 Å². The number of nitrogen functional groups attached to an aromatic ring is 1. The van der Waals surface area contributed by atoms with Crippen LogP contribution >= 0.6 is 0 Å². The largest absolute Gasteiger partial charge is 0.459 e. The third-order valence-corrected chi connectivity index (χ3v) is 3.80. The smallest absolute Gasteiger partial charge is 0.338 e. The zero-order valence-electron chi connectivity index (χ0n) is 11.1. The summed E-state index contributed by atoms with van der Waals surface area (Å²) < 4.78 is 5.60. The van der Waals surface area contributed by atoms with Crippen molar-refractivity contribution in [1.29, 1.82) is 0 Å². The first-order valence-electron chi connectivity index (χ1n) is 6.65. The van der Waals surface area contributed by atoms with Gasteiger partial charge in [0.2, 0.25) is 0 Å². The molecule has 1 aromatic rings. The Bertz CT molecular complexity index is 442. The van der Waals surface area contributed by atoms with E-state index in [4.69, 9.17) is 10.5 Å². The molecule has 0 aliphatic heterocycles. The number of ether oxygens (including phenoxy) is 1. The van der Waals surface area contributed by atoms with E-state index < -0.39 is 0 Å². The number of benzene rings is 1. The maximum absolute atomic E-state index is 12.1. The predicted molar refractivity (Wildman–Crippen MR) is 72.4 cm³/mol. The number of nitrogens with two attached hydrogens (primary N) is 1. The molecule has 0 heterocycles. The van der Waals surface area contributed by atoms with Gasteiger partial charge in [-0.2, -0.15) is 0 Å². The summed E-state index contributed by atoms with van der Waals surface area (Å²) >= 11 is 0. The fourth-order valence-electron chi connectivity index (χ4n) is 2.47. The first-order valence-corrected chi connectivity index (χ1v) is 6.65. The lowest BCUT2D eigenvalue weighted by Gasteiger charge is -2.28. The molecule has 0 bridgehead atoms. The maximum atomic E-state index is 12.1. The van der Waals surface area contributed by atoms with E-state index in [9.17, 15) is 4.79 Å². The number of esters is 1. The van der Waals surface area contributed by atoms with Gasteiger partial charge < -0.3 is 10.5 Å². The molecular weight excluding hydrogens is 226 g/mol. The van der Waals surface area contributed by atoms with E-state index in [-0.39, 0.29) is 12.1 Å². The number of hydrogen-bond acceptors (Lipinski definition) is 3. The fourth-order valence-corrected chi connectivity index (χ4v) is 2.47. The number of carbonyl (C=O) groups excluding carboxylic acids is 1. The number of hydrogen-bond donors (Lipinski definition) is 1. The molecule has 3 heteroatoms. The van der Waals surface area contributed by atoms with Crippen LogP contribution in [0.2, 0.25) is 0 Å². The van der Waals surface area contributed by atoms with Gasteiger partial charge in [-0.1, -0.05) is 13.3 Å². The Morgan fingerprint density at radius 1 is 1.33 bits per heavy atom. The lowest BCUT2D eigenvalue weighted by molar-refractivity contribution is 0.00481. The summed E-state index contributed by atoms with van der Waals surface area (Å²) in [5.74, 6) is 0.245. The number of rotatable bonds is 2. The molecule has 0 spiro atoms. The van der Waals surface area contributed by atoms with Crippen LogP contribution < -0.4 is 5.73 Å². The minimum absolute atomic E-state index is 0.0732. The maximum Gasteiger partial charge on any atom is 0.338 e. The Morgan fingerprint density at radius 3 is 2.72 bits per heavy atom. The topological polar surface area (TPSA) is 52.3 Å². The monoisotopic (exact) mass is 247 g/mol. The average Bonchev–Trinajstić information content (AvgIpc) is 2.35. The van der Waals surface area contributed by atoms with Crippen molar-refractivity contribution < 1.29 is 9.53 Å². The second-order valence-electron chi connectivity index (χ2n) is 5.28. The van der Waals surface area contributed by atoms with E-state index in [0.29, 0.717) is 17.2 Å². The molecule has 2 rings (SSSR count). The molecule has 1 saturated carbocycles. The molecule has 0 saturated heterocycles. The molecule has 3 nitrogen and oxygen atoms in total. The highest BCUT2D eigenvalue weighted by molar-refractivity contribution is 5.90. The fraction of sp³-hybridized carbons (Fsp3) is 0.533. The third kappa shape index (κ3) is 2.84. The second-order valence-corrected chi connectivity index (χ2v) is 5.28. The van der Waals surface area contributed by atoms with E-state index >= 15 is 0 Å². The van der Waals surface area contributed by atoms with E-state index in [2.05, 4.69) is 6.92 Å².